The fraction of sp³-hybridized carbons (Fsp3) is 0.417. The van der Waals surface area contributed by atoms with E-state index in [9.17, 15) is 14.7 Å². The van der Waals surface area contributed by atoms with Crippen molar-refractivity contribution in [2.45, 2.75) is 11.7 Å². The summed E-state index contributed by atoms with van der Waals surface area (Å²) in [6.07, 6.45) is 4.60. The minimum absolute atomic E-state index is 0.240. The number of hydrogen-bond acceptors (Lipinski definition) is 6. The Balaban J connectivity index is 1.77. The van der Waals surface area contributed by atoms with Gasteiger partial charge in [0.05, 0.1) is 18.6 Å². The number of anilines is 1. The van der Waals surface area contributed by atoms with E-state index >= 15 is 0 Å². The first-order valence-electron chi connectivity index (χ1n) is 5.91. The van der Waals surface area contributed by atoms with E-state index in [4.69, 9.17) is 4.74 Å². The molecule has 4 atom stereocenters. The molecule has 2 bridgehead atoms. The van der Waals surface area contributed by atoms with E-state index in [2.05, 4.69) is 4.98 Å². The fourth-order valence-electron chi connectivity index (χ4n) is 3.28. The van der Waals surface area contributed by atoms with Crippen LogP contribution in [0.4, 0.5) is 5.13 Å². The molecule has 1 aromatic rings. The molecule has 0 radical (unpaired) electrons. The summed E-state index contributed by atoms with van der Waals surface area (Å²) < 4.78 is 5.74. The molecule has 0 aromatic carbocycles. The summed E-state index contributed by atoms with van der Waals surface area (Å²) in [6.45, 7) is 0.320. The van der Waals surface area contributed by atoms with Gasteiger partial charge in [-0.1, -0.05) is 12.2 Å². The molecule has 3 aliphatic heterocycles. The van der Waals surface area contributed by atoms with Crippen molar-refractivity contribution in [1.29, 1.82) is 0 Å². The van der Waals surface area contributed by atoms with Crippen LogP contribution in [0.2, 0.25) is 0 Å². The van der Waals surface area contributed by atoms with Crippen LogP contribution in [0.5, 0.6) is 0 Å². The zero-order valence-electron chi connectivity index (χ0n) is 9.68. The Hall–Kier alpha value is -1.73. The number of amides is 1. The number of nitrogens with zero attached hydrogens (tertiary/aromatic N) is 2. The molecule has 19 heavy (non-hydrogen) atoms. The highest BCUT2D eigenvalue weighted by Crippen LogP contribution is 2.52. The summed E-state index contributed by atoms with van der Waals surface area (Å²) in [5.74, 6) is -3.06. The van der Waals surface area contributed by atoms with Crippen LogP contribution >= 0.6 is 11.3 Å². The van der Waals surface area contributed by atoms with Crippen LogP contribution in [0.1, 0.15) is 0 Å². The van der Waals surface area contributed by atoms with Gasteiger partial charge in [0.1, 0.15) is 5.60 Å². The number of aliphatic carboxylic acids is 1. The van der Waals surface area contributed by atoms with Crippen LogP contribution in [0, 0.1) is 11.8 Å². The minimum Gasteiger partial charge on any atom is -0.550 e. The van der Waals surface area contributed by atoms with E-state index in [0.29, 0.717) is 11.7 Å². The molecule has 4 rings (SSSR count). The van der Waals surface area contributed by atoms with Crippen molar-refractivity contribution in [3.05, 3.63) is 23.7 Å². The summed E-state index contributed by atoms with van der Waals surface area (Å²) in [6, 6.07) is 0. The van der Waals surface area contributed by atoms with Gasteiger partial charge in [-0.15, -0.1) is 11.3 Å². The Kier molecular flexibility index (Phi) is 2.01. The molecule has 7 heteroatoms. The van der Waals surface area contributed by atoms with Gasteiger partial charge in [0.15, 0.2) is 5.13 Å². The fourth-order valence-corrected chi connectivity index (χ4v) is 3.93. The van der Waals surface area contributed by atoms with Crippen molar-refractivity contribution in [3.63, 3.8) is 0 Å². The van der Waals surface area contributed by atoms with E-state index in [1.807, 2.05) is 6.08 Å². The van der Waals surface area contributed by atoms with E-state index in [1.165, 1.54) is 16.2 Å². The summed E-state index contributed by atoms with van der Waals surface area (Å²) in [5, 5.41) is 13.6. The Morgan fingerprint density at radius 1 is 1.63 bits per heavy atom. The number of rotatable bonds is 2. The van der Waals surface area contributed by atoms with Crippen molar-refractivity contribution >= 4 is 28.3 Å². The normalized spacial score (nSPS) is 39.1. The van der Waals surface area contributed by atoms with Gasteiger partial charge in [-0.25, -0.2) is 4.98 Å². The Morgan fingerprint density at radius 2 is 2.47 bits per heavy atom. The number of carbonyl (C=O) groups excluding carboxylic acids is 2. The molecule has 0 unspecified atom stereocenters. The van der Waals surface area contributed by atoms with E-state index in [0.717, 1.165) is 0 Å². The van der Waals surface area contributed by atoms with Crippen LogP contribution in [0.15, 0.2) is 23.7 Å². The van der Waals surface area contributed by atoms with Crippen molar-refractivity contribution in [2.75, 3.05) is 11.4 Å². The Bertz CT molecular complexity index is 599. The predicted molar refractivity (Wildman–Crippen MR) is 63.2 cm³/mol. The number of carboxylic acid groups (broad SMARTS) is 1. The topological polar surface area (TPSA) is 82.6 Å². The molecule has 0 N–H and O–H groups in total. The molecule has 1 amide bonds. The quantitative estimate of drug-likeness (QED) is 0.660. The average molecular weight is 277 g/mol. The predicted octanol–water partition coefficient (Wildman–Crippen LogP) is -0.821. The molecular weight excluding hydrogens is 268 g/mol. The summed E-state index contributed by atoms with van der Waals surface area (Å²) in [7, 11) is 0. The highest BCUT2D eigenvalue weighted by Gasteiger charge is 2.65. The van der Waals surface area contributed by atoms with Gasteiger partial charge in [-0.3, -0.25) is 9.69 Å². The van der Waals surface area contributed by atoms with Crippen LogP contribution in [-0.4, -0.2) is 35.1 Å². The summed E-state index contributed by atoms with van der Waals surface area (Å²) >= 11 is 1.35. The van der Waals surface area contributed by atoms with Crippen LogP contribution in [0.25, 0.3) is 0 Å². The van der Waals surface area contributed by atoms with Crippen molar-refractivity contribution in [1.82, 2.24) is 4.98 Å². The Morgan fingerprint density at radius 3 is 3.16 bits per heavy atom. The average Bonchev–Trinajstić information content (AvgIpc) is 3.09. The third kappa shape index (κ3) is 1.26. The second-order valence-corrected chi connectivity index (χ2v) is 5.83. The number of ether oxygens (including phenoxy) is 1. The maximum atomic E-state index is 12.5. The molecule has 0 saturated carbocycles. The zero-order chi connectivity index (χ0) is 13.2. The molecule has 4 heterocycles. The first-order chi connectivity index (χ1) is 9.12. The second-order valence-electron chi connectivity index (χ2n) is 4.96. The van der Waals surface area contributed by atoms with Gasteiger partial charge < -0.3 is 14.6 Å². The molecular formula is C12H9N2O4S-. The zero-order valence-corrected chi connectivity index (χ0v) is 10.5. The second kappa shape index (κ2) is 3.43. The van der Waals surface area contributed by atoms with Crippen LogP contribution in [-0.2, 0) is 14.3 Å². The highest BCUT2D eigenvalue weighted by atomic mass is 32.1. The van der Waals surface area contributed by atoms with Crippen molar-refractivity contribution < 1.29 is 19.4 Å². The Labute approximate surface area is 112 Å². The number of carbonyl (C=O) groups is 2. The third-order valence-corrected chi connectivity index (χ3v) is 4.82. The lowest BCUT2D eigenvalue weighted by atomic mass is 9.77. The maximum absolute atomic E-state index is 12.5. The molecule has 1 aromatic heterocycles. The molecule has 2 fully saturated rings. The van der Waals surface area contributed by atoms with Gasteiger partial charge >= 0.3 is 0 Å². The van der Waals surface area contributed by atoms with Gasteiger partial charge in [0.25, 0.3) is 0 Å². The molecule has 6 nitrogen and oxygen atoms in total. The van der Waals surface area contributed by atoms with E-state index < -0.39 is 29.5 Å². The number of aromatic nitrogens is 1. The lowest BCUT2D eigenvalue weighted by Crippen LogP contribution is -2.45. The molecule has 1 spiro atoms. The maximum Gasteiger partial charge on any atom is 0.236 e. The number of fused-ring (bicyclic) bond motifs is 1. The van der Waals surface area contributed by atoms with E-state index in [-0.39, 0.29) is 5.91 Å². The summed E-state index contributed by atoms with van der Waals surface area (Å²) in [4.78, 5) is 29.4. The largest absolute Gasteiger partial charge is 0.550 e. The van der Waals surface area contributed by atoms with Crippen molar-refractivity contribution in [3.8, 4) is 0 Å². The lowest BCUT2D eigenvalue weighted by Gasteiger charge is -2.24. The monoisotopic (exact) mass is 277 g/mol. The van der Waals surface area contributed by atoms with Gasteiger partial charge in [-0.2, -0.15) is 0 Å². The highest BCUT2D eigenvalue weighted by molar-refractivity contribution is 7.13. The van der Waals surface area contributed by atoms with E-state index in [1.54, 1.807) is 17.7 Å². The molecule has 3 aliphatic rings. The first kappa shape index (κ1) is 11.1. The summed E-state index contributed by atoms with van der Waals surface area (Å²) in [5.41, 5.74) is -0.821. The standard InChI is InChI=1S/C12H10N2O4S/c15-9-8-7(10(16)17)6-1-2-12(8,18-6)5-14(9)11-13-3-4-19-11/h1-4,6-8H,5H2,(H,16,17)/p-1/t6-,7+,8-,12+/m1/s1. The first-order valence-corrected chi connectivity index (χ1v) is 6.79. The smallest absolute Gasteiger partial charge is 0.236 e. The van der Waals surface area contributed by atoms with Crippen LogP contribution in [0.3, 0.4) is 0 Å². The third-order valence-electron chi connectivity index (χ3n) is 4.02. The van der Waals surface area contributed by atoms with Crippen molar-refractivity contribution in [2.24, 2.45) is 11.8 Å². The SMILES string of the molecule is O=C([O-])[C@H]1[C@H]2C=C[C@@]3(CN(c4nccs4)C(=O)[C@@H]13)O2. The lowest BCUT2D eigenvalue weighted by molar-refractivity contribution is -0.313. The minimum atomic E-state index is -1.23. The number of thiazole rings is 1. The number of hydrogen-bond donors (Lipinski definition) is 0. The van der Waals surface area contributed by atoms with Crippen LogP contribution < -0.4 is 10.0 Å². The van der Waals surface area contributed by atoms with Gasteiger partial charge in [0.2, 0.25) is 5.91 Å². The number of carboxylic acids is 1. The molecule has 98 valence electrons. The van der Waals surface area contributed by atoms with Gasteiger partial charge in [-0.05, 0) is 0 Å². The molecule has 0 aliphatic carbocycles. The molecule has 2 saturated heterocycles. The van der Waals surface area contributed by atoms with Gasteiger partial charge in [0, 0.05) is 23.5 Å².